The molecule has 1 saturated carbocycles. The zero-order valence-corrected chi connectivity index (χ0v) is 10.4. The van der Waals surface area contributed by atoms with Crippen molar-refractivity contribution >= 4 is 11.8 Å². The van der Waals surface area contributed by atoms with Crippen molar-refractivity contribution < 1.29 is 9.84 Å². The maximum Gasteiger partial charge on any atom is 0.153 e. The maximum atomic E-state index is 9.89. The Balaban J connectivity index is 1.84. The van der Waals surface area contributed by atoms with Crippen LogP contribution < -0.4 is 4.74 Å². The number of benzene rings is 1. The molecule has 3 rings (SSSR count). The number of hydrogen-bond acceptors (Lipinski definition) is 3. The van der Waals surface area contributed by atoms with E-state index >= 15 is 0 Å². The zero-order chi connectivity index (χ0) is 11.4. The molecule has 16 heavy (non-hydrogen) atoms. The summed E-state index contributed by atoms with van der Waals surface area (Å²) >= 11 is 1.75. The monoisotopic (exact) mass is 236 g/mol. The van der Waals surface area contributed by atoms with Crippen LogP contribution in [0.4, 0.5) is 0 Å². The Bertz CT molecular complexity index is 436. The van der Waals surface area contributed by atoms with E-state index in [0.717, 1.165) is 25.0 Å². The zero-order valence-electron chi connectivity index (χ0n) is 9.62. The van der Waals surface area contributed by atoms with E-state index in [1.807, 2.05) is 0 Å². The average Bonchev–Trinajstić information content (AvgIpc) is 2.78. The molecule has 0 atom stereocenters. The third-order valence-corrected chi connectivity index (χ3v) is 4.21. The van der Waals surface area contributed by atoms with Crippen molar-refractivity contribution in [1.29, 1.82) is 0 Å². The molecule has 2 aliphatic rings. The molecule has 1 aliphatic carbocycles. The van der Waals surface area contributed by atoms with Crippen LogP contribution in [0.25, 0.3) is 0 Å². The minimum absolute atomic E-state index is 0.155. The molecular weight excluding hydrogens is 220 g/mol. The molecule has 0 radical (unpaired) electrons. The first-order valence-corrected chi connectivity index (χ1v) is 6.51. The predicted octanol–water partition coefficient (Wildman–Crippen LogP) is 2.97. The molecule has 3 heteroatoms. The number of rotatable bonds is 2. The summed E-state index contributed by atoms with van der Waals surface area (Å²) in [5, 5.41) is 9.89. The Morgan fingerprint density at radius 1 is 1.38 bits per heavy atom. The average molecular weight is 236 g/mol. The Hall–Kier alpha value is -0.670. The first kappa shape index (κ1) is 10.5. The molecule has 0 saturated heterocycles. The second-order valence-corrected chi connectivity index (χ2v) is 6.91. The van der Waals surface area contributed by atoms with Crippen LogP contribution in [-0.2, 0) is 6.42 Å². The highest BCUT2D eigenvalue weighted by Crippen LogP contribution is 2.48. The molecule has 1 N–H and O–H groups in total. The molecule has 1 aromatic carbocycles. The topological polar surface area (TPSA) is 29.5 Å². The summed E-state index contributed by atoms with van der Waals surface area (Å²) in [6, 6.07) is 6.29. The normalized spacial score (nSPS) is 23.7. The van der Waals surface area contributed by atoms with Gasteiger partial charge in [-0.2, -0.15) is 0 Å². The molecule has 0 aromatic heterocycles. The first-order valence-electron chi connectivity index (χ1n) is 5.69. The fourth-order valence-corrected chi connectivity index (χ4v) is 3.08. The van der Waals surface area contributed by atoms with E-state index in [2.05, 4.69) is 32.0 Å². The molecule has 1 fully saturated rings. The highest BCUT2D eigenvalue weighted by atomic mass is 32.2. The van der Waals surface area contributed by atoms with Gasteiger partial charge >= 0.3 is 0 Å². The van der Waals surface area contributed by atoms with Gasteiger partial charge in [-0.15, -0.1) is 0 Å². The Kier molecular flexibility index (Phi) is 2.08. The molecule has 0 bridgehead atoms. The highest BCUT2D eigenvalue weighted by molar-refractivity contribution is 8.00. The molecular formula is C13H16O2S. The third-order valence-electron chi connectivity index (χ3n) is 3.08. The largest absolute Gasteiger partial charge is 0.476 e. The number of ether oxygens (including phenoxy) is 1. The van der Waals surface area contributed by atoms with Crippen molar-refractivity contribution in [1.82, 2.24) is 0 Å². The fraction of sp³-hybridized carbons (Fsp3) is 0.538. The predicted molar refractivity (Wildman–Crippen MR) is 64.9 cm³/mol. The van der Waals surface area contributed by atoms with Gasteiger partial charge in [0, 0.05) is 6.42 Å². The summed E-state index contributed by atoms with van der Waals surface area (Å²) in [5.41, 5.74) is 0.757. The summed E-state index contributed by atoms with van der Waals surface area (Å²) in [6.07, 6.45) is 2.63. The lowest BCUT2D eigenvalue weighted by molar-refractivity contribution is 0.150. The van der Waals surface area contributed by atoms with Gasteiger partial charge in [-0.05, 0) is 44.4 Å². The van der Waals surface area contributed by atoms with Crippen LogP contribution in [-0.4, -0.2) is 15.6 Å². The summed E-state index contributed by atoms with van der Waals surface area (Å²) in [5.74, 6) is 0.969. The van der Waals surface area contributed by atoms with E-state index in [-0.39, 0.29) is 4.93 Å². The van der Waals surface area contributed by atoms with Crippen LogP contribution in [0.15, 0.2) is 23.1 Å². The number of fused-ring (bicyclic) bond motifs is 1. The van der Waals surface area contributed by atoms with Gasteiger partial charge < -0.3 is 9.84 Å². The molecule has 1 heterocycles. The van der Waals surface area contributed by atoms with Crippen molar-refractivity contribution in [2.45, 2.75) is 48.5 Å². The minimum atomic E-state index is -0.421. The summed E-state index contributed by atoms with van der Waals surface area (Å²) in [7, 11) is 0. The second-order valence-electron chi connectivity index (χ2n) is 5.29. The van der Waals surface area contributed by atoms with Crippen LogP contribution in [0, 0.1) is 0 Å². The Morgan fingerprint density at radius 2 is 2.12 bits per heavy atom. The third kappa shape index (κ3) is 1.94. The Morgan fingerprint density at radius 3 is 2.81 bits per heavy atom. The smallest absolute Gasteiger partial charge is 0.153 e. The van der Waals surface area contributed by atoms with Gasteiger partial charge in [0.1, 0.15) is 5.75 Å². The van der Waals surface area contributed by atoms with Gasteiger partial charge in [0.2, 0.25) is 0 Å². The molecule has 2 nitrogen and oxygen atoms in total. The standard InChI is InChI=1S/C13H16O2S/c1-12(2)15-10-7-9(3-4-11(10)16-12)8-13(14)5-6-13/h3-4,7,14H,5-6,8H2,1-2H3. The molecule has 1 aliphatic heterocycles. The van der Waals surface area contributed by atoms with Crippen LogP contribution in [0.1, 0.15) is 32.3 Å². The highest BCUT2D eigenvalue weighted by Gasteiger charge is 2.40. The van der Waals surface area contributed by atoms with E-state index in [1.54, 1.807) is 11.8 Å². The quantitative estimate of drug-likeness (QED) is 0.856. The molecule has 0 unspecified atom stereocenters. The van der Waals surface area contributed by atoms with E-state index < -0.39 is 5.60 Å². The van der Waals surface area contributed by atoms with Crippen molar-refractivity contribution in [3.63, 3.8) is 0 Å². The molecule has 86 valence electrons. The van der Waals surface area contributed by atoms with Gasteiger partial charge in [-0.3, -0.25) is 0 Å². The van der Waals surface area contributed by atoms with Gasteiger partial charge in [0.05, 0.1) is 10.5 Å². The van der Waals surface area contributed by atoms with Crippen LogP contribution >= 0.6 is 11.8 Å². The maximum absolute atomic E-state index is 9.89. The summed E-state index contributed by atoms with van der Waals surface area (Å²) in [4.78, 5) is 1.05. The van der Waals surface area contributed by atoms with Crippen molar-refractivity contribution in [2.24, 2.45) is 0 Å². The lowest BCUT2D eigenvalue weighted by Gasteiger charge is -2.15. The van der Waals surface area contributed by atoms with Crippen molar-refractivity contribution in [3.05, 3.63) is 23.8 Å². The lowest BCUT2D eigenvalue weighted by Crippen LogP contribution is -2.18. The van der Waals surface area contributed by atoms with E-state index in [0.29, 0.717) is 0 Å². The van der Waals surface area contributed by atoms with Crippen molar-refractivity contribution in [2.75, 3.05) is 0 Å². The number of thioether (sulfide) groups is 1. The van der Waals surface area contributed by atoms with Crippen LogP contribution in [0.3, 0.4) is 0 Å². The minimum Gasteiger partial charge on any atom is -0.476 e. The lowest BCUT2D eigenvalue weighted by atomic mass is 10.1. The van der Waals surface area contributed by atoms with Gasteiger partial charge in [-0.25, -0.2) is 0 Å². The van der Waals surface area contributed by atoms with Gasteiger partial charge in [0.15, 0.2) is 4.93 Å². The first-order chi connectivity index (χ1) is 7.46. The van der Waals surface area contributed by atoms with E-state index in [9.17, 15) is 5.11 Å². The second kappa shape index (κ2) is 3.17. The van der Waals surface area contributed by atoms with Gasteiger partial charge in [-0.1, -0.05) is 17.8 Å². The molecule has 0 spiro atoms. The van der Waals surface area contributed by atoms with Gasteiger partial charge in [0.25, 0.3) is 0 Å². The van der Waals surface area contributed by atoms with Crippen molar-refractivity contribution in [3.8, 4) is 5.75 Å². The molecule has 1 aromatic rings. The molecule has 0 amide bonds. The number of aliphatic hydroxyl groups is 1. The van der Waals surface area contributed by atoms with E-state index in [1.165, 1.54) is 10.5 Å². The summed E-state index contributed by atoms with van der Waals surface area (Å²) in [6.45, 7) is 4.15. The fourth-order valence-electron chi connectivity index (χ4n) is 2.08. The Labute approximate surface area is 100 Å². The van der Waals surface area contributed by atoms with Crippen LogP contribution in [0.5, 0.6) is 5.75 Å². The number of hydrogen-bond donors (Lipinski definition) is 1. The van der Waals surface area contributed by atoms with E-state index in [4.69, 9.17) is 4.74 Å². The SMILES string of the molecule is CC1(C)Oc2cc(CC3(O)CC3)ccc2S1. The summed E-state index contributed by atoms with van der Waals surface area (Å²) < 4.78 is 5.85. The van der Waals surface area contributed by atoms with Crippen LogP contribution in [0.2, 0.25) is 0 Å².